The van der Waals surface area contributed by atoms with Crippen LogP contribution in [0.15, 0.2) is 48.5 Å². The molecule has 2 aromatic rings. The lowest BCUT2D eigenvalue weighted by atomic mass is 10.1. The summed E-state index contributed by atoms with van der Waals surface area (Å²) in [5.74, 6) is 1.20. The number of hydrogen-bond donors (Lipinski definition) is 0. The van der Waals surface area contributed by atoms with Gasteiger partial charge < -0.3 is 9.47 Å². The Morgan fingerprint density at radius 2 is 1.63 bits per heavy atom. The SMILES string of the molecule is COc1ccccc1C(=O)COc1ccccc1C. The van der Waals surface area contributed by atoms with Crippen LogP contribution in [0.25, 0.3) is 0 Å². The van der Waals surface area contributed by atoms with Crippen LogP contribution < -0.4 is 9.47 Å². The first-order valence-corrected chi connectivity index (χ1v) is 6.07. The number of methoxy groups -OCH3 is 1. The van der Waals surface area contributed by atoms with Gasteiger partial charge in [0.05, 0.1) is 12.7 Å². The van der Waals surface area contributed by atoms with Gasteiger partial charge in [0, 0.05) is 0 Å². The Balaban J connectivity index is 2.08. The van der Waals surface area contributed by atoms with Gasteiger partial charge in [-0.2, -0.15) is 0 Å². The maximum absolute atomic E-state index is 12.1. The van der Waals surface area contributed by atoms with Gasteiger partial charge in [0.15, 0.2) is 6.61 Å². The van der Waals surface area contributed by atoms with Crippen molar-refractivity contribution in [1.29, 1.82) is 0 Å². The summed E-state index contributed by atoms with van der Waals surface area (Å²) in [5.41, 5.74) is 1.55. The first-order chi connectivity index (χ1) is 9.22. The van der Waals surface area contributed by atoms with Crippen molar-refractivity contribution < 1.29 is 14.3 Å². The summed E-state index contributed by atoms with van der Waals surface area (Å²) < 4.78 is 10.7. The van der Waals surface area contributed by atoms with Gasteiger partial charge in [0.2, 0.25) is 5.78 Å². The highest BCUT2D eigenvalue weighted by atomic mass is 16.5. The lowest BCUT2D eigenvalue weighted by molar-refractivity contribution is 0.0918. The van der Waals surface area contributed by atoms with Gasteiger partial charge in [0.25, 0.3) is 0 Å². The molecule has 0 fully saturated rings. The number of para-hydroxylation sites is 2. The largest absolute Gasteiger partial charge is 0.496 e. The van der Waals surface area contributed by atoms with Gasteiger partial charge in [-0.05, 0) is 30.7 Å². The molecule has 0 saturated carbocycles. The highest BCUT2D eigenvalue weighted by Crippen LogP contribution is 2.20. The Labute approximate surface area is 112 Å². The van der Waals surface area contributed by atoms with Crippen LogP contribution in [0.5, 0.6) is 11.5 Å². The first kappa shape index (κ1) is 13.1. The van der Waals surface area contributed by atoms with Crippen LogP contribution in [0.1, 0.15) is 15.9 Å². The van der Waals surface area contributed by atoms with Crippen molar-refractivity contribution in [3.05, 3.63) is 59.7 Å². The molecule has 3 heteroatoms. The molecule has 0 unspecified atom stereocenters. The number of hydrogen-bond acceptors (Lipinski definition) is 3. The smallest absolute Gasteiger partial charge is 0.203 e. The minimum absolute atomic E-state index is 0.00519. The molecule has 0 aliphatic carbocycles. The number of ether oxygens (including phenoxy) is 2. The van der Waals surface area contributed by atoms with E-state index in [-0.39, 0.29) is 12.4 Å². The maximum Gasteiger partial charge on any atom is 0.203 e. The van der Waals surface area contributed by atoms with Crippen LogP contribution >= 0.6 is 0 Å². The van der Waals surface area contributed by atoms with E-state index in [1.54, 1.807) is 19.2 Å². The van der Waals surface area contributed by atoms with Crippen LogP contribution in [0.3, 0.4) is 0 Å². The molecular formula is C16H16O3. The van der Waals surface area contributed by atoms with Gasteiger partial charge in [-0.1, -0.05) is 30.3 Å². The molecule has 0 aliphatic rings. The van der Waals surface area contributed by atoms with Crippen LogP contribution in [-0.4, -0.2) is 19.5 Å². The minimum atomic E-state index is -0.0966. The number of aryl methyl sites for hydroxylation is 1. The van der Waals surface area contributed by atoms with E-state index in [0.29, 0.717) is 11.3 Å². The fraction of sp³-hybridized carbons (Fsp3) is 0.188. The van der Waals surface area contributed by atoms with Crippen LogP contribution in [-0.2, 0) is 0 Å². The van der Waals surface area contributed by atoms with E-state index in [2.05, 4.69) is 0 Å². The standard InChI is InChI=1S/C16H16O3/c1-12-7-3-5-9-15(12)19-11-14(17)13-8-4-6-10-16(13)18-2/h3-10H,11H2,1-2H3. The number of carbonyl (C=O) groups excluding carboxylic acids is 1. The minimum Gasteiger partial charge on any atom is -0.496 e. The third-order valence-electron chi connectivity index (χ3n) is 2.86. The monoisotopic (exact) mass is 256 g/mol. The summed E-state index contributed by atoms with van der Waals surface area (Å²) in [5, 5.41) is 0. The second kappa shape index (κ2) is 6.05. The van der Waals surface area contributed by atoms with Crippen LogP contribution in [0.4, 0.5) is 0 Å². The Kier molecular flexibility index (Phi) is 4.18. The zero-order valence-corrected chi connectivity index (χ0v) is 11.1. The molecule has 0 heterocycles. The lowest BCUT2D eigenvalue weighted by Crippen LogP contribution is -2.13. The highest BCUT2D eigenvalue weighted by Gasteiger charge is 2.12. The summed E-state index contributed by atoms with van der Waals surface area (Å²) in [6.45, 7) is 1.95. The van der Waals surface area contributed by atoms with Gasteiger partial charge >= 0.3 is 0 Å². The molecule has 2 rings (SSSR count). The van der Waals surface area contributed by atoms with E-state index in [4.69, 9.17) is 9.47 Å². The lowest BCUT2D eigenvalue weighted by Gasteiger charge is -2.10. The molecule has 0 radical (unpaired) electrons. The Hall–Kier alpha value is -2.29. The highest BCUT2D eigenvalue weighted by molar-refractivity contribution is 5.99. The van der Waals surface area contributed by atoms with Crippen molar-refractivity contribution >= 4 is 5.78 Å². The van der Waals surface area contributed by atoms with Crippen molar-refractivity contribution in [1.82, 2.24) is 0 Å². The van der Waals surface area contributed by atoms with E-state index in [9.17, 15) is 4.79 Å². The van der Waals surface area contributed by atoms with Crippen molar-refractivity contribution in [3.8, 4) is 11.5 Å². The fourth-order valence-electron chi connectivity index (χ4n) is 1.81. The van der Waals surface area contributed by atoms with Gasteiger partial charge in [-0.25, -0.2) is 0 Å². The van der Waals surface area contributed by atoms with Gasteiger partial charge in [0.1, 0.15) is 11.5 Å². The molecule has 0 amide bonds. The average molecular weight is 256 g/mol. The quantitative estimate of drug-likeness (QED) is 0.770. The van der Waals surface area contributed by atoms with Crippen LogP contribution in [0.2, 0.25) is 0 Å². The normalized spacial score (nSPS) is 10.0. The fourth-order valence-corrected chi connectivity index (χ4v) is 1.81. The molecule has 0 saturated heterocycles. The van der Waals surface area contributed by atoms with E-state index in [1.165, 1.54) is 0 Å². The number of Topliss-reactive ketones (excluding diaryl/α,β-unsaturated/α-hetero) is 1. The van der Waals surface area contributed by atoms with Gasteiger partial charge in [-0.3, -0.25) is 4.79 Å². The summed E-state index contributed by atoms with van der Waals surface area (Å²) in [6, 6.07) is 14.8. The maximum atomic E-state index is 12.1. The van der Waals surface area contributed by atoms with Crippen molar-refractivity contribution in [2.45, 2.75) is 6.92 Å². The summed E-state index contributed by atoms with van der Waals surface area (Å²) in [6.07, 6.45) is 0. The zero-order valence-electron chi connectivity index (χ0n) is 11.1. The summed E-state index contributed by atoms with van der Waals surface area (Å²) in [4.78, 5) is 12.1. The Morgan fingerprint density at radius 1 is 1.00 bits per heavy atom. The molecule has 98 valence electrons. The van der Waals surface area contributed by atoms with E-state index in [0.717, 1.165) is 11.3 Å². The van der Waals surface area contributed by atoms with E-state index < -0.39 is 0 Å². The molecule has 2 aromatic carbocycles. The topological polar surface area (TPSA) is 35.5 Å². The molecule has 3 nitrogen and oxygen atoms in total. The van der Waals surface area contributed by atoms with Gasteiger partial charge in [-0.15, -0.1) is 0 Å². The average Bonchev–Trinajstić information content (AvgIpc) is 2.46. The number of ketones is 1. The van der Waals surface area contributed by atoms with Crippen LogP contribution in [0, 0.1) is 6.92 Å². The molecule has 0 atom stereocenters. The third kappa shape index (κ3) is 3.13. The molecule has 0 aromatic heterocycles. The molecule has 0 N–H and O–H groups in total. The Morgan fingerprint density at radius 3 is 2.32 bits per heavy atom. The molecule has 0 spiro atoms. The number of rotatable bonds is 5. The molecule has 0 aliphatic heterocycles. The molecular weight excluding hydrogens is 240 g/mol. The van der Waals surface area contributed by atoms with Crippen molar-refractivity contribution in [2.24, 2.45) is 0 Å². The predicted molar refractivity (Wildman–Crippen MR) is 74.0 cm³/mol. The van der Waals surface area contributed by atoms with Crippen molar-refractivity contribution in [3.63, 3.8) is 0 Å². The summed E-state index contributed by atoms with van der Waals surface area (Å²) >= 11 is 0. The van der Waals surface area contributed by atoms with E-state index in [1.807, 2.05) is 43.3 Å². The van der Waals surface area contributed by atoms with E-state index >= 15 is 0 Å². The summed E-state index contributed by atoms with van der Waals surface area (Å²) in [7, 11) is 1.55. The Bertz CT molecular complexity index is 576. The van der Waals surface area contributed by atoms with Crippen molar-refractivity contribution in [2.75, 3.05) is 13.7 Å². The number of carbonyl (C=O) groups is 1. The molecule has 0 bridgehead atoms. The second-order valence-corrected chi connectivity index (χ2v) is 4.18. The second-order valence-electron chi connectivity index (χ2n) is 4.18. The third-order valence-corrected chi connectivity index (χ3v) is 2.86. The zero-order chi connectivity index (χ0) is 13.7. The predicted octanol–water partition coefficient (Wildman–Crippen LogP) is 3.27. The molecule has 19 heavy (non-hydrogen) atoms. The first-order valence-electron chi connectivity index (χ1n) is 6.07. The number of benzene rings is 2.